The number of nitrogens with zero attached hydrogens (tertiary/aromatic N) is 2. The summed E-state index contributed by atoms with van der Waals surface area (Å²) < 4.78 is 2.03. The van der Waals surface area contributed by atoms with Gasteiger partial charge in [-0.05, 0) is 43.2 Å². The Morgan fingerprint density at radius 1 is 1.33 bits per heavy atom. The fourth-order valence-electron chi connectivity index (χ4n) is 2.40. The van der Waals surface area contributed by atoms with Gasteiger partial charge in [-0.1, -0.05) is 23.2 Å². The van der Waals surface area contributed by atoms with Gasteiger partial charge < -0.3 is 9.47 Å². The second kappa shape index (κ2) is 5.74. The van der Waals surface area contributed by atoms with E-state index in [0.29, 0.717) is 28.2 Å². The summed E-state index contributed by atoms with van der Waals surface area (Å²) in [5.74, 6) is -0.0498. The molecule has 0 radical (unpaired) electrons. The van der Waals surface area contributed by atoms with E-state index in [2.05, 4.69) is 0 Å². The summed E-state index contributed by atoms with van der Waals surface area (Å²) in [5, 5.41) is 0.972. The van der Waals surface area contributed by atoms with Crippen molar-refractivity contribution < 1.29 is 4.79 Å². The van der Waals surface area contributed by atoms with Crippen molar-refractivity contribution in [1.29, 1.82) is 0 Å². The Morgan fingerprint density at radius 3 is 2.71 bits per heavy atom. The second-order valence-corrected chi connectivity index (χ2v) is 6.24. The van der Waals surface area contributed by atoms with Crippen LogP contribution in [-0.2, 0) is 13.6 Å². The van der Waals surface area contributed by atoms with Crippen molar-refractivity contribution in [2.75, 3.05) is 0 Å². The zero-order valence-electron chi connectivity index (χ0n) is 11.7. The summed E-state index contributed by atoms with van der Waals surface area (Å²) in [6.07, 6.45) is 4.08. The third-order valence-electron chi connectivity index (χ3n) is 3.79. The summed E-state index contributed by atoms with van der Waals surface area (Å²) in [4.78, 5) is 14.7. The van der Waals surface area contributed by atoms with Crippen LogP contribution in [0.4, 0.5) is 0 Å². The molecule has 2 aromatic rings. The predicted molar refractivity (Wildman–Crippen MR) is 84.8 cm³/mol. The lowest BCUT2D eigenvalue weighted by molar-refractivity contribution is 0.0726. The van der Waals surface area contributed by atoms with E-state index in [1.54, 1.807) is 18.2 Å². The molecule has 1 amide bonds. The molecule has 0 unspecified atom stereocenters. The molecule has 1 aromatic heterocycles. The number of aromatic nitrogens is 1. The lowest BCUT2D eigenvalue weighted by Gasteiger charge is -2.23. The monoisotopic (exact) mass is 322 g/mol. The largest absolute Gasteiger partial charge is 0.353 e. The number of benzene rings is 1. The molecule has 1 aliphatic rings. The van der Waals surface area contributed by atoms with Crippen LogP contribution in [0.3, 0.4) is 0 Å². The Labute approximate surface area is 134 Å². The maximum Gasteiger partial charge on any atom is 0.256 e. The molecule has 1 saturated carbocycles. The first kappa shape index (κ1) is 14.5. The summed E-state index contributed by atoms with van der Waals surface area (Å²) in [6.45, 7) is 0.593. The van der Waals surface area contributed by atoms with E-state index in [1.807, 2.05) is 34.8 Å². The quantitative estimate of drug-likeness (QED) is 0.830. The highest BCUT2D eigenvalue weighted by Crippen LogP contribution is 2.32. The SMILES string of the molecule is Cn1cccc1CN(C(=O)c1cc(Cl)ccc1Cl)C1CC1. The third-order valence-corrected chi connectivity index (χ3v) is 4.36. The number of hydrogen-bond acceptors (Lipinski definition) is 1. The normalized spacial score (nSPS) is 14.2. The molecular weight excluding hydrogens is 307 g/mol. The lowest BCUT2D eigenvalue weighted by Crippen LogP contribution is -2.33. The summed E-state index contributed by atoms with van der Waals surface area (Å²) in [6, 6.07) is 9.33. The van der Waals surface area contributed by atoms with Gasteiger partial charge in [-0.25, -0.2) is 0 Å². The summed E-state index contributed by atoms with van der Waals surface area (Å²) in [7, 11) is 1.98. The minimum absolute atomic E-state index is 0.0498. The summed E-state index contributed by atoms with van der Waals surface area (Å²) in [5.41, 5.74) is 1.58. The second-order valence-electron chi connectivity index (χ2n) is 5.40. The van der Waals surface area contributed by atoms with Crippen LogP contribution in [0, 0.1) is 0 Å². The van der Waals surface area contributed by atoms with Crippen molar-refractivity contribution in [2.24, 2.45) is 7.05 Å². The molecule has 0 spiro atoms. The molecule has 1 aliphatic carbocycles. The highest BCUT2D eigenvalue weighted by molar-refractivity contribution is 6.35. The molecule has 1 heterocycles. The van der Waals surface area contributed by atoms with Gasteiger partial charge in [-0.15, -0.1) is 0 Å². The summed E-state index contributed by atoms with van der Waals surface area (Å²) >= 11 is 12.2. The number of carbonyl (C=O) groups excluding carboxylic acids is 1. The van der Waals surface area contributed by atoms with E-state index in [0.717, 1.165) is 18.5 Å². The van der Waals surface area contributed by atoms with Gasteiger partial charge in [0, 0.05) is 30.0 Å². The van der Waals surface area contributed by atoms with Crippen LogP contribution >= 0.6 is 23.2 Å². The number of aryl methyl sites for hydroxylation is 1. The van der Waals surface area contributed by atoms with Gasteiger partial charge in [-0.2, -0.15) is 0 Å². The van der Waals surface area contributed by atoms with E-state index in [4.69, 9.17) is 23.2 Å². The van der Waals surface area contributed by atoms with Gasteiger partial charge in [0.25, 0.3) is 5.91 Å². The number of amides is 1. The molecule has 0 bridgehead atoms. The average Bonchev–Trinajstić information content (AvgIpc) is 3.22. The molecule has 21 heavy (non-hydrogen) atoms. The Bertz CT molecular complexity index is 677. The first-order valence-corrected chi connectivity index (χ1v) is 7.68. The highest BCUT2D eigenvalue weighted by atomic mass is 35.5. The van der Waals surface area contributed by atoms with Gasteiger partial charge >= 0.3 is 0 Å². The zero-order chi connectivity index (χ0) is 15.0. The third kappa shape index (κ3) is 3.09. The number of rotatable bonds is 4. The molecule has 0 N–H and O–H groups in total. The standard InChI is InChI=1S/C16H16Cl2N2O/c1-19-8-2-3-13(19)10-20(12-5-6-12)16(21)14-9-11(17)4-7-15(14)18/h2-4,7-9,12H,5-6,10H2,1H3. The van der Waals surface area contributed by atoms with Crippen LogP contribution in [0.25, 0.3) is 0 Å². The first-order chi connectivity index (χ1) is 10.1. The first-order valence-electron chi connectivity index (χ1n) is 6.92. The van der Waals surface area contributed by atoms with E-state index >= 15 is 0 Å². The zero-order valence-corrected chi connectivity index (χ0v) is 13.2. The Balaban J connectivity index is 1.88. The van der Waals surface area contributed by atoms with E-state index in [1.165, 1.54) is 0 Å². The van der Waals surface area contributed by atoms with Crippen LogP contribution in [-0.4, -0.2) is 21.4 Å². The van der Waals surface area contributed by atoms with Crippen molar-refractivity contribution in [1.82, 2.24) is 9.47 Å². The van der Waals surface area contributed by atoms with E-state index in [9.17, 15) is 4.79 Å². The Hall–Kier alpha value is -1.45. The minimum Gasteiger partial charge on any atom is -0.353 e. The van der Waals surface area contributed by atoms with Gasteiger partial charge in [0.15, 0.2) is 0 Å². The van der Waals surface area contributed by atoms with Crippen molar-refractivity contribution in [3.8, 4) is 0 Å². The fraction of sp³-hybridized carbons (Fsp3) is 0.312. The molecule has 3 rings (SSSR count). The smallest absolute Gasteiger partial charge is 0.256 e. The van der Waals surface area contributed by atoms with Crippen molar-refractivity contribution >= 4 is 29.1 Å². The molecule has 5 heteroatoms. The molecule has 1 fully saturated rings. The molecular formula is C16H16Cl2N2O. The van der Waals surface area contributed by atoms with Crippen LogP contribution in [0.15, 0.2) is 36.5 Å². The Morgan fingerprint density at radius 2 is 2.10 bits per heavy atom. The van der Waals surface area contributed by atoms with Crippen molar-refractivity contribution in [3.63, 3.8) is 0 Å². The molecule has 110 valence electrons. The van der Waals surface area contributed by atoms with E-state index < -0.39 is 0 Å². The molecule has 0 aliphatic heterocycles. The fourth-order valence-corrected chi connectivity index (χ4v) is 2.77. The van der Waals surface area contributed by atoms with Crippen LogP contribution in [0.5, 0.6) is 0 Å². The van der Waals surface area contributed by atoms with Crippen LogP contribution in [0.1, 0.15) is 28.9 Å². The van der Waals surface area contributed by atoms with Gasteiger partial charge in [0.2, 0.25) is 0 Å². The number of halogens is 2. The number of hydrogen-bond donors (Lipinski definition) is 0. The van der Waals surface area contributed by atoms with Gasteiger partial charge in [0.1, 0.15) is 0 Å². The Kier molecular flexibility index (Phi) is 3.96. The van der Waals surface area contributed by atoms with Crippen molar-refractivity contribution in [3.05, 3.63) is 57.8 Å². The average molecular weight is 323 g/mol. The lowest BCUT2D eigenvalue weighted by atomic mass is 10.2. The maximum absolute atomic E-state index is 12.8. The van der Waals surface area contributed by atoms with Crippen molar-refractivity contribution in [2.45, 2.75) is 25.4 Å². The topological polar surface area (TPSA) is 25.2 Å². The predicted octanol–water partition coefficient (Wildman–Crippen LogP) is 4.14. The molecule has 1 aromatic carbocycles. The highest BCUT2D eigenvalue weighted by Gasteiger charge is 2.34. The molecule has 3 nitrogen and oxygen atoms in total. The van der Waals surface area contributed by atoms with Gasteiger partial charge in [-0.3, -0.25) is 4.79 Å². The van der Waals surface area contributed by atoms with E-state index in [-0.39, 0.29) is 5.91 Å². The number of carbonyl (C=O) groups is 1. The molecule has 0 atom stereocenters. The minimum atomic E-state index is -0.0498. The van der Waals surface area contributed by atoms with Crippen LogP contribution < -0.4 is 0 Å². The van der Waals surface area contributed by atoms with Gasteiger partial charge in [0.05, 0.1) is 17.1 Å². The maximum atomic E-state index is 12.8. The van der Waals surface area contributed by atoms with Crippen LogP contribution in [0.2, 0.25) is 10.0 Å². The molecule has 0 saturated heterocycles.